The van der Waals surface area contributed by atoms with E-state index in [1.54, 1.807) is 106 Å². The fourth-order valence-corrected chi connectivity index (χ4v) is 19.7. The number of thiophene rings is 2. The highest BCUT2D eigenvalue weighted by atomic mass is 32.1. The summed E-state index contributed by atoms with van der Waals surface area (Å²) in [5, 5.41) is 35.0. The number of alkyl halides is 4. The number of aromatic nitrogens is 4. The van der Waals surface area contributed by atoms with Gasteiger partial charge in [0.15, 0.2) is 35.3 Å². The summed E-state index contributed by atoms with van der Waals surface area (Å²) in [6.45, 7) is 16.5. The van der Waals surface area contributed by atoms with Crippen LogP contribution >= 0.6 is 22.7 Å². The largest absolute Gasteiger partial charge is 0.493 e. The van der Waals surface area contributed by atoms with E-state index in [-0.39, 0.29) is 94.9 Å². The number of carbonyl (C=O) groups excluding carboxylic acids is 6. The van der Waals surface area contributed by atoms with Gasteiger partial charge in [-0.3, -0.25) is 58.4 Å². The molecule has 31 nitrogen and oxygen atoms in total. The van der Waals surface area contributed by atoms with Crippen molar-refractivity contribution in [3.63, 3.8) is 0 Å². The number of carbonyl (C=O) groups is 6. The van der Waals surface area contributed by atoms with Gasteiger partial charge < -0.3 is 44.0 Å². The Bertz CT molecular complexity index is 6790. The summed E-state index contributed by atoms with van der Waals surface area (Å²) < 4.78 is 60.4. The van der Waals surface area contributed by atoms with E-state index in [0.717, 1.165) is 82.9 Å². The molecule has 5 aromatic heterocycles. The number of halogens is 4. The number of nitrogens with one attached hydrogen (secondary N) is 2. The minimum absolute atomic E-state index is 0.0481. The van der Waals surface area contributed by atoms with Gasteiger partial charge in [0.25, 0.3) is 17.8 Å². The molecule has 6 aromatic carbocycles. The molecule has 1 spiro atoms. The number of pyridine rings is 2. The van der Waals surface area contributed by atoms with Crippen LogP contribution in [0.4, 0.5) is 22.4 Å². The number of unbranched alkanes of at least 4 members (excludes halogenated alkanes) is 1. The molecule has 141 heavy (non-hydrogen) atoms. The second-order valence-corrected chi connectivity index (χ2v) is 37.9. The van der Waals surface area contributed by atoms with Crippen molar-refractivity contribution in [2.75, 3.05) is 47.9 Å². The third-order valence-corrected chi connectivity index (χ3v) is 28.4. The van der Waals surface area contributed by atoms with Gasteiger partial charge in [0, 0.05) is 131 Å². The molecular weight excluding hydrogens is 1840 g/mol. The molecule has 0 fully saturated rings. The SMILES string of the molecule is CC(C)NC(=O)NCCCCN1C(=O)C(c2ccccc2)(c2ccccc2)N=C1N.CC1C(=O)N(C)C(N)=N[C@]1(C)c1cc(-c2cncc(C#N)c2)cs1.CN1C(=O)C[C@@](C)(c2cc(-c3cncnc3)ccn2)N=C1N.CN1C(=O)[C@@H](c2ccc(C(C)(F)F)cc2)[C@@](C)(c2cccc(C#N)c2)N=C1N.CN1C(=O)[C@@]2(Cc3ccc(C(C)(F)F)cc32)[C@@](C)(c2ccc(C#N)s2)N=C1N.c1ccc2c(c1)CCO2. The van der Waals surface area contributed by atoms with Crippen molar-refractivity contribution in [1.29, 1.82) is 15.8 Å². The second kappa shape index (κ2) is 41.8. The summed E-state index contributed by atoms with van der Waals surface area (Å²) in [5.41, 5.74) is 34.5. The summed E-state index contributed by atoms with van der Waals surface area (Å²) in [7, 11) is 6.31. The van der Waals surface area contributed by atoms with E-state index in [0.29, 0.717) is 69.2 Å². The first-order chi connectivity index (χ1) is 66.9. The van der Waals surface area contributed by atoms with Crippen molar-refractivity contribution in [1.82, 2.24) is 55.1 Å². The number of hydrogen-bond acceptors (Lipinski definition) is 26. The number of likely N-dealkylation sites (N-methyl/N-ethyl adjacent to an activating group) is 2. The van der Waals surface area contributed by atoms with Crippen LogP contribution in [0.15, 0.2) is 256 Å². The molecule has 0 radical (unpaired) electrons. The highest BCUT2D eigenvalue weighted by Gasteiger charge is 2.66. The van der Waals surface area contributed by atoms with Crippen molar-refractivity contribution < 1.29 is 51.1 Å². The van der Waals surface area contributed by atoms with Crippen molar-refractivity contribution >= 4 is 88.0 Å². The molecule has 37 heteroatoms. The Morgan fingerprint density at radius 2 is 1.17 bits per heavy atom. The van der Waals surface area contributed by atoms with E-state index in [1.807, 2.05) is 137 Å². The van der Waals surface area contributed by atoms with Crippen molar-refractivity contribution in [3.05, 3.63) is 312 Å². The number of amides is 7. The Kier molecular flexibility index (Phi) is 30.4. The number of guanidine groups is 5. The van der Waals surface area contributed by atoms with Gasteiger partial charge in [0.05, 0.1) is 47.8 Å². The van der Waals surface area contributed by atoms with Crippen molar-refractivity contribution in [3.8, 4) is 46.2 Å². The molecule has 0 saturated carbocycles. The monoisotopic (exact) mass is 1940 g/mol. The summed E-state index contributed by atoms with van der Waals surface area (Å²) in [6, 6.07) is 61.3. The molecule has 11 aromatic rings. The number of hydrogen-bond donors (Lipinski definition) is 7. The number of benzene rings is 6. The number of rotatable bonds is 17. The van der Waals surface area contributed by atoms with E-state index in [1.165, 1.54) is 111 Å². The number of fused-ring (bicyclic) bond motifs is 3. The fraction of sp³-hybridized carbons (Fsp3) is 0.308. The van der Waals surface area contributed by atoms with Gasteiger partial charge in [-0.1, -0.05) is 134 Å². The van der Waals surface area contributed by atoms with Crippen LogP contribution in [0.3, 0.4) is 0 Å². The Balaban J connectivity index is 0.000000145. The van der Waals surface area contributed by atoms with Crippen LogP contribution in [0.25, 0.3) is 22.3 Å². The van der Waals surface area contributed by atoms with Gasteiger partial charge in [-0.15, -0.1) is 22.7 Å². The summed E-state index contributed by atoms with van der Waals surface area (Å²) in [5.74, 6) is -6.10. The predicted molar refractivity (Wildman–Crippen MR) is 532 cm³/mol. The van der Waals surface area contributed by atoms with E-state index in [9.17, 15) is 56.9 Å². The number of para-hydroxylation sites is 1. The molecule has 1 aliphatic carbocycles. The van der Waals surface area contributed by atoms with Crippen LogP contribution in [-0.4, -0.2) is 164 Å². The van der Waals surface area contributed by atoms with Gasteiger partial charge in [0.1, 0.15) is 56.7 Å². The van der Waals surface area contributed by atoms with Crippen LogP contribution in [0.5, 0.6) is 5.75 Å². The second-order valence-electron chi connectivity index (χ2n) is 36.0. The Morgan fingerprint density at radius 3 is 1.79 bits per heavy atom. The molecule has 0 saturated heterocycles. The zero-order chi connectivity index (χ0) is 102. The van der Waals surface area contributed by atoms with Crippen molar-refractivity contribution in [2.45, 2.75) is 151 Å². The molecule has 18 rings (SSSR count). The topological polar surface area (TPSA) is 467 Å². The Hall–Kier alpha value is -15.9. The summed E-state index contributed by atoms with van der Waals surface area (Å²) >= 11 is 2.77. The van der Waals surface area contributed by atoms with Gasteiger partial charge in [0.2, 0.25) is 23.6 Å². The highest BCUT2D eigenvalue weighted by molar-refractivity contribution is 7.12. The lowest BCUT2D eigenvalue weighted by Gasteiger charge is -2.55. The van der Waals surface area contributed by atoms with Gasteiger partial charge in [-0.25, -0.2) is 57.3 Å². The van der Waals surface area contributed by atoms with E-state index in [2.05, 4.69) is 79.8 Å². The quantitative estimate of drug-likeness (QED) is 0.0329. The highest BCUT2D eigenvalue weighted by Crippen LogP contribution is 2.59. The third kappa shape index (κ3) is 21.1. The lowest BCUT2D eigenvalue weighted by atomic mass is 9.52. The zero-order valence-electron chi connectivity index (χ0n) is 80.0. The first-order valence-electron chi connectivity index (χ1n) is 45.1. The lowest BCUT2D eigenvalue weighted by Crippen LogP contribution is -2.67. The Morgan fingerprint density at radius 1 is 0.560 bits per heavy atom. The average molecular weight is 1950 g/mol. The molecule has 11 heterocycles. The molecule has 7 atom stereocenters. The van der Waals surface area contributed by atoms with Crippen LogP contribution < -0.4 is 44.0 Å². The first kappa shape index (κ1) is 102. The maximum Gasteiger partial charge on any atom is 0.314 e. The fourth-order valence-electron chi connectivity index (χ4n) is 17.6. The van der Waals surface area contributed by atoms with Crippen LogP contribution in [0, 0.1) is 39.9 Å². The molecule has 6 aliphatic heterocycles. The van der Waals surface area contributed by atoms with E-state index < -0.39 is 50.9 Å². The maximum atomic E-state index is 14.0. The van der Waals surface area contributed by atoms with E-state index >= 15 is 0 Å². The molecular formula is C104H108F4N24O7S2. The van der Waals surface area contributed by atoms with Crippen LogP contribution in [-0.2, 0) is 81.8 Å². The maximum absolute atomic E-state index is 14.0. The number of aliphatic imine (C=N–C) groups is 5. The van der Waals surface area contributed by atoms with Gasteiger partial charge >= 0.3 is 6.03 Å². The number of nitrogens with two attached hydrogens (primary N) is 5. The Labute approximate surface area is 822 Å². The van der Waals surface area contributed by atoms with Crippen LogP contribution in [0.1, 0.15) is 169 Å². The molecule has 0 bridgehead atoms. The number of ether oxygens (including phenoxy) is 1. The number of nitriles is 3. The summed E-state index contributed by atoms with van der Waals surface area (Å²) in [4.78, 5) is 125. The van der Waals surface area contributed by atoms with Gasteiger partial charge in [-0.2, -0.15) is 15.8 Å². The normalized spacial score (nSPS) is 21.3. The molecule has 7 amide bonds. The van der Waals surface area contributed by atoms with Gasteiger partial charge in [-0.05, 0) is 177 Å². The zero-order valence-corrected chi connectivity index (χ0v) is 81.6. The molecule has 7 aliphatic rings. The predicted octanol–water partition coefficient (Wildman–Crippen LogP) is 14.1. The third-order valence-electron chi connectivity index (χ3n) is 26.0. The van der Waals surface area contributed by atoms with Crippen molar-refractivity contribution in [2.24, 2.45) is 59.5 Å². The number of urea groups is 1. The number of nitrogens with zero attached hydrogens (tertiary/aromatic N) is 17. The molecule has 12 N–H and O–H groups in total. The molecule has 1 unspecified atom stereocenters. The smallest absolute Gasteiger partial charge is 0.314 e. The van der Waals surface area contributed by atoms with Crippen LogP contribution in [0.2, 0.25) is 0 Å². The van der Waals surface area contributed by atoms with E-state index in [4.69, 9.17) is 38.7 Å². The molecule has 726 valence electrons. The minimum Gasteiger partial charge on any atom is -0.493 e. The standard InChI is InChI=1S/C23H29N5O2.C21H20F2N4O.C20H18F2N4OS.C17H17N5OS.C15H16N6O.C8H8O/c1-17(2)26-22(30)25-15-9-10-16-28-20(29)23(27-21(28)24,18-11-5-3-6-12-18)19-13-7-4-8-14-19;1-20(16-6-4-5-13(11-16)12-24)17(18(28)27(3)19(25)26-20)14-7-9-15(10-8-14)21(2,22)23;1-18(15-7-6-13(10-23)28-15)20(16(27)26(3)17(24)25-18)9-11-4-5-12(8-14(11)20)19(2,21)22;1-10-15(23)22(3)16(19)21-17(10,2)14-5-13(9-24-14)12-4-11(6-18)7-20-8-12;1-15(6-13(22)21(2)14(16)20-15)12-5-10(3-4-19-12)11-7-17-9-18-8-11;1-2-4-8-7(3-1)5-6-9-8/h3-8,11-14,17H,9-10,15-16H2,1-2H3,(H2,24,27)(H2,25,26,30);4-11,17H,1-3H3,(H2,25,26);4-8H,9H2,1-3H3,(H2,24,25);4-5,7-10H,1-3H3,(H2,19,21);3-5,7-9H,6H2,1-2H3,(H2,16,20);1-4H,5-6H2/t;17-,20-;18-,20+;10?,17-;15-;/m.1100./s1. The summed E-state index contributed by atoms with van der Waals surface area (Å²) in [6.07, 6.45) is 13.0. The average Bonchev–Trinajstić information content (AvgIpc) is 1.53. The minimum atomic E-state index is -3.02. The lowest BCUT2D eigenvalue weighted by molar-refractivity contribution is -0.138. The first-order valence-corrected chi connectivity index (χ1v) is 46.8.